The third kappa shape index (κ3) is 3.37. The predicted octanol–water partition coefficient (Wildman–Crippen LogP) is 3.67. The van der Waals surface area contributed by atoms with E-state index in [1.807, 2.05) is 5.12 Å². The molecule has 0 bridgehead atoms. The van der Waals surface area contributed by atoms with Gasteiger partial charge in [-0.1, -0.05) is 65.4 Å². The fraction of sp³-hybridized carbons (Fsp3) is 0.429. The van der Waals surface area contributed by atoms with Gasteiger partial charge in [0.25, 0.3) is 0 Å². The number of likely N-dealkylation sites (tertiary alicyclic amines) is 1. The van der Waals surface area contributed by atoms with Gasteiger partial charge in [-0.2, -0.15) is 5.43 Å². The molecule has 2 aromatic rings. The van der Waals surface area contributed by atoms with Crippen LogP contribution in [0.4, 0.5) is 0 Å². The van der Waals surface area contributed by atoms with Crippen LogP contribution in [0.2, 0.25) is 0 Å². The van der Waals surface area contributed by atoms with Crippen LogP contribution < -0.4 is 5.43 Å². The SMILES string of the molecule is Cc1ccc(CN2N=NC(C3(c4ccccc4)CCN(C)CC3)N2)cc1. The summed E-state index contributed by atoms with van der Waals surface area (Å²) in [4.78, 5) is 2.40. The first-order valence-electron chi connectivity index (χ1n) is 9.40. The van der Waals surface area contributed by atoms with Crippen molar-refractivity contribution in [3.05, 3.63) is 71.3 Å². The predicted molar refractivity (Wildman–Crippen MR) is 103 cm³/mol. The van der Waals surface area contributed by atoms with Gasteiger partial charge in [0.2, 0.25) is 0 Å². The van der Waals surface area contributed by atoms with Crippen molar-refractivity contribution >= 4 is 0 Å². The number of nitrogens with zero attached hydrogens (tertiary/aromatic N) is 4. The Kier molecular flexibility index (Phi) is 4.74. The maximum Gasteiger partial charge on any atom is 0.150 e. The quantitative estimate of drug-likeness (QED) is 0.916. The summed E-state index contributed by atoms with van der Waals surface area (Å²) < 4.78 is 0. The van der Waals surface area contributed by atoms with E-state index in [1.54, 1.807) is 0 Å². The Hall–Kier alpha value is -2.24. The van der Waals surface area contributed by atoms with E-state index >= 15 is 0 Å². The molecule has 1 fully saturated rings. The zero-order valence-electron chi connectivity index (χ0n) is 15.6. The molecule has 0 spiro atoms. The van der Waals surface area contributed by atoms with Crippen molar-refractivity contribution in [2.24, 2.45) is 10.3 Å². The van der Waals surface area contributed by atoms with Crippen molar-refractivity contribution in [2.75, 3.05) is 20.1 Å². The van der Waals surface area contributed by atoms with Crippen LogP contribution in [-0.2, 0) is 12.0 Å². The van der Waals surface area contributed by atoms with Gasteiger partial charge in [-0.15, -0.1) is 5.11 Å². The Morgan fingerprint density at radius 3 is 2.42 bits per heavy atom. The summed E-state index contributed by atoms with van der Waals surface area (Å²) >= 11 is 0. The number of hydrogen-bond acceptors (Lipinski definition) is 5. The number of benzene rings is 2. The lowest BCUT2D eigenvalue weighted by atomic mass is 9.70. The van der Waals surface area contributed by atoms with E-state index in [0.29, 0.717) is 0 Å². The van der Waals surface area contributed by atoms with E-state index in [-0.39, 0.29) is 11.6 Å². The molecule has 0 radical (unpaired) electrons. The Balaban J connectivity index is 1.52. The van der Waals surface area contributed by atoms with E-state index in [2.05, 4.69) is 89.2 Å². The van der Waals surface area contributed by atoms with E-state index < -0.39 is 0 Å². The molecule has 26 heavy (non-hydrogen) atoms. The van der Waals surface area contributed by atoms with Gasteiger partial charge in [0.1, 0.15) is 0 Å². The largest absolute Gasteiger partial charge is 0.306 e. The summed E-state index contributed by atoms with van der Waals surface area (Å²) in [5.74, 6) is 0. The van der Waals surface area contributed by atoms with E-state index in [1.165, 1.54) is 16.7 Å². The van der Waals surface area contributed by atoms with E-state index in [0.717, 1.165) is 32.5 Å². The normalized spacial score (nSPS) is 22.7. The van der Waals surface area contributed by atoms with E-state index in [4.69, 9.17) is 0 Å². The number of hydrogen-bond donors (Lipinski definition) is 1. The first kappa shape index (κ1) is 17.2. The topological polar surface area (TPSA) is 43.2 Å². The minimum absolute atomic E-state index is 0.000698. The van der Waals surface area contributed by atoms with Crippen molar-refractivity contribution in [3.8, 4) is 0 Å². The lowest BCUT2D eigenvalue weighted by Crippen LogP contribution is -2.53. The Morgan fingerprint density at radius 2 is 1.73 bits per heavy atom. The maximum absolute atomic E-state index is 4.65. The lowest BCUT2D eigenvalue weighted by molar-refractivity contribution is 0.114. The molecule has 0 aromatic heterocycles. The van der Waals surface area contributed by atoms with Crippen LogP contribution in [0.25, 0.3) is 0 Å². The second-order valence-electron chi connectivity index (χ2n) is 7.61. The highest BCUT2D eigenvalue weighted by molar-refractivity contribution is 5.29. The van der Waals surface area contributed by atoms with Crippen molar-refractivity contribution in [1.82, 2.24) is 15.4 Å². The highest BCUT2D eigenvalue weighted by Gasteiger charge is 2.45. The molecule has 2 aliphatic heterocycles. The Bertz CT molecular complexity index is 748. The monoisotopic (exact) mass is 349 g/mol. The zero-order valence-corrected chi connectivity index (χ0v) is 15.6. The standard InChI is InChI=1S/C21H27N5/c1-17-8-10-18(11-9-17)16-26-23-20(22-24-26)21(12-14-25(2)15-13-21)19-6-4-3-5-7-19/h3-11,20,23H,12-16H2,1-2H3. The van der Waals surface area contributed by atoms with Gasteiger partial charge in [-0.3, -0.25) is 0 Å². The maximum atomic E-state index is 4.65. The number of piperidine rings is 1. The van der Waals surface area contributed by atoms with Crippen molar-refractivity contribution in [2.45, 2.75) is 37.9 Å². The van der Waals surface area contributed by atoms with Crippen LogP contribution in [0, 0.1) is 6.92 Å². The lowest BCUT2D eigenvalue weighted by Gasteiger charge is -2.43. The van der Waals surface area contributed by atoms with Crippen molar-refractivity contribution < 1.29 is 0 Å². The van der Waals surface area contributed by atoms with Gasteiger partial charge in [-0.25, -0.2) is 5.12 Å². The summed E-state index contributed by atoms with van der Waals surface area (Å²) in [7, 11) is 2.20. The third-order valence-corrected chi connectivity index (χ3v) is 5.75. The average Bonchev–Trinajstić information content (AvgIpc) is 3.14. The Labute approximate surface area is 155 Å². The molecule has 0 saturated carbocycles. The van der Waals surface area contributed by atoms with Crippen LogP contribution in [-0.4, -0.2) is 36.3 Å². The molecule has 1 atom stereocenters. The Morgan fingerprint density at radius 1 is 1.04 bits per heavy atom. The summed E-state index contributed by atoms with van der Waals surface area (Å²) in [6, 6.07) is 19.4. The summed E-state index contributed by atoms with van der Waals surface area (Å²) in [6.45, 7) is 5.00. The molecule has 0 aliphatic carbocycles. The highest BCUT2D eigenvalue weighted by Crippen LogP contribution is 2.40. The average molecular weight is 349 g/mol. The third-order valence-electron chi connectivity index (χ3n) is 5.75. The second-order valence-corrected chi connectivity index (χ2v) is 7.61. The van der Waals surface area contributed by atoms with Crippen LogP contribution in [0.5, 0.6) is 0 Å². The van der Waals surface area contributed by atoms with Crippen LogP contribution in [0.3, 0.4) is 0 Å². The molecule has 1 unspecified atom stereocenters. The summed E-state index contributed by atoms with van der Waals surface area (Å²) in [5.41, 5.74) is 7.43. The van der Waals surface area contributed by atoms with Crippen molar-refractivity contribution in [3.63, 3.8) is 0 Å². The van der Waals surface area contributed by atoms with Gasteiger partial charge < -0.3 is 4.90 Å². The molecular weight excluding hydrogens is 322 g/mol. The first-order chi connectivity index (χ1) is 12.7. The molecule has 1 N–H and O–H groups in total. The molecule has 5 heteroatoms. The van der Waals surface area contributed by atoms with Gasteiger partial charge in [0.05, 0.1) is 6.54 Å². The minimum Gasteiger partial charge on any atom is -0.306 e. The van der Waals surface area contributed by atoms with Crippen molar-refractivity contribution in [1.29, 1.82) is 0 Å². The van der Waals surface area contributed by atoms with Crippen LogP contribution in [0.15, 0.2) is 64.9 Å². The second kappa shape index (κ2) is 7.17. The van der Waals surface area contributed by atoms with Gasteiger partial charge in [0.15, 0.2) is 6.17 Å². The first-order valence-corrected chi connectivity index (χ1v) is 9.40. The number of rotatable bonds is 4. The highest BCUT2D eigenvalue weighted by atomic mass is 15.8. The van der Waals surface area contributed by atoms with Crippen LogP contribution in [0.1, 0.15) is 29.5 Å². The molecule has 1 saturated heterocycles. The molecule has 4 rings (SSSR count). The number of hydrazine groups is 1. The summed E-state index contributed by atoms with van der Waals surface area (Å²) in [6.07, 6.45) is 2.16. The zero-order chi connectivity index (χ0) is 18.0. The molecular formula is C21H27N5. The molecule has 136 valence electrons. The smallest absolute Gasteiger partial charge is 0.150 e. The fourth-order valence-corrected chi connectivity index (χ4v) is 3.99. The molecule has 2 aliphatic rings. The minimum atomic E-state index is -0.0101. The number of aryl methyl sites for hydroxylation is 1. The van der Waals surface area contributed by atoms with Crippen LogP contribution >= 0.6 is 0 Å². The van der Waals surface area contributed by atoms with E-state index in [9.17, 15) is 0 Å². The number of nitrogens with one attached hydrogen (secondary N) is 1. The summed E-state index contributed by atoms with van der Waals surface area (Å²) in [5, 5.41) is 11.0. The fourth-order valence-electron chi connectivity index (χ4n) is 3.99. The van der Waals surface area contributed by atoms with Gasteiger partial charge in [-0.05, 0) is 51.0 Å². The molecule has 2 aromatic carbocycles. The molecule has 2 heterocycles. The van der Waals surface area contributed by atoms with Gasteiger partial charge in [0, 0.05) is 5.41 Å². The molecule has 0 amide bonds. The van der Waals surface area contributed by atoms with Gasteiger partial charge >= 0.3 is 0 Å². The molecule has 5 nitrogen and oxygen atoms in total.